The first kappa shape index (κ1) is 17.0. The van der Waals surface area contributed by atoms with E-state index < -0.39 is 0 Å². The summed E-state index contributed by atoms with van der Waals surface area (Å²) in [5.41, 5.74) is 0.981. The number of aliphatic hydroxyl groups is 1. The molecule has 0 bridgehead atoms. The van der Waals surface area contributed by atoms with Gasteiger partial charge in [0.2, 0.25) is 0 Å². The van der Waals surface area contributed by atoms with Crippen LogP contribution in [0.1, 0.15) is 39.7 Å². The lowest BCUT2D eigenvalue weighted by Gasteiger charge is -2.33. The molecule has 114 valence electrons. The van der Waals surface area contributed by atoms with Gasteiger partial charge in [-0.05, 0) is 35.4 Å². The summed E-state index contributed by atoms with van der Waals surface area (Å²) >= 11 is 0. The van der Waals surface area contributed by atoms with Gasteiger partial charge < -0.3 is 14.6 Å². The summed E-state index contributed by atoms with van der Waals surface area (Å²) in [6.45, 7) is 9.49. The quantitative estimate of drug-likeness (QED) is 0.739. The molecule has 0 aromatic heterocycles. The van der Waals surface area contributed by atoms with Crippen molar-refractivity contribution >= 4 is 0 Å². The molecule has 0 heterocycles. The number of benzene rings is 1. The number of methoxy groups -OCH3 is 1. The van der Waals surface area contributed by atoms with Gasteiger partial charge in [0.15, 0.2) is 0 Å². The molecular weight excluding hydrogens is 252 g/mol. The van der Waals surface area contributed by atoms with E-state index in [2.05, 4.69) is 13.8 Å². The number of hydrogen-bond donors (Lipinski definition) is 1. The molecule has 1 aromatic rings. The highest BCUT2D eigenvalue weighted by atomic mass is 16.5. The van der Waals surface area contributed by atoms with Crippen molar-refractivity contribution in [2.45, 2.75) is 46.8 Å². The highest BCUT2D eigenvalue weighted by molar-refractivity contribution is 5.27. The zero-order valence-electron chi connectivity index (χ0n) is 13.3. The second-order valence-electron chi connectivity index (χ2n) is 6.33. The van der Waals surface area contributed by atoms with E-state index in [9.17, 15) is 5.11 Å². The van der Waals surface area contributed by atoms with Crippen LogP contribution >= 0.6 is 0 Å². The average Bonchev–Trinajstić information content (AvgIpc) is 2.43. The number of hydrogen-bond acceptors (Lipinski definition) is 3. The molecule has 0 aliphatic rings. The topological polar surface area (TPSA) is 38.7 Å². The Morgan fingerprint density at radius 3 is 2.55 bits per heavy atom. The molecular formula is C17H28O3. The Hall–Kier alpha value is -1.06. The molecule has 0 saturated heterocycles. The molecule has 0 aliphatic heterocycles. The molecule has 0 aliphatic carbocycles. The maximum atomic E-state index is 10.2. The van der Waals surface area contributed by atoms with Crippen molar-refractivity contribution in [1.82, 2.24) is 0 Å². The second-order valence-corrected chi connectivity index (χ2v) is 6.33. The molecule has 20 heavy (non-hydrogen) atoms. The minimum absolute atomic E-state index is 0.122. The van der Waals surface area contributed by atoms with E-state index in [1.165, 1.54) is 0 Å². The predicted molar refractivity (Wildman–Crippen MR) is 81.9 cm³/mol. The van der Waals surface area contributed by atoms with E-state index in [1.54, 1.807) is 7.11 Å². The molecule has 1 N–H and O–H groups in total. The largest absolute Gasteiger partial charge is 0.497 e. The molecule has 0 fully saturated rings. The monoisotopic (exact) mass is 280 g/mol. The maximum absolute atomic E-state index is 10.2. The predicted octanol–water partition coefficient (Wildman–Crippen LogP) is 3.65. The minimum atomic E-state index is -0.303. The highest BCUT2D eigenvalue weighted by Crippen LogP contribution is 2.29. The Labute approximate surface area is 122 Å². The lowest BCUT2D eigenvalue weighted by Crippen LogP contribution is -2.34. The van der Waals surface area contributed by atoms with Crippen molar-refractivity contribution in [1.29, 1.82) is 0 Å². The van der Waals surface area contributed by atoms with Crippen LogP contribution in [0.2, 0.25) is 0 Å². The van der Waals surface area contributed by atoms with Gasteiger partial charge in [-0.1, -0.05) is 39.8 Å². The van der Waals surface area contributed by atoms with Gasteiger partial charge in [0.25, 0.3) is 0 Å². The molecule has 3 nitrogen and oxygen atoms in total. The molecule has 3 heteroatoms. The van der Waals surface area contributed by atoms with E-state index in [1.807, 2.05) is 38.1 Å². The summed E-state index contributed by atoms with van der Waals surface area (Å²) in [7, 11) is 1.66. The van der Waals surface area contributed by atoms with E-state index in [0.29, 0.717) is 13.2 Å². The van der Waals surface area contributed by atoms with E-state index >= 15 is 0 Å². The Morgan fingerprint density at radius 2 is 1.95 bits per heavy atom. The maximum Gasteiger partial charge on any atom is 0.119 e. The molecule has 1 aromatic carbocycles. The summed E-state index contributed by atoms with van der Waals surface area (Å²) in [5, 5.41) is 10.2. The van der Waals surface area contributed by atoms with Gasteiger partial charge in [-0.3, -0.25) is 0 Å². The summed E-state index contributed by atoms with van der Waals surface area (Å²) in [6, 6.07) is 7.89. The van der Waals surface area contributed by atoms with Gasteiger partial charge in [0.05, 0.1) is 19.8 Å². The fourth-order valence-electron chi connectivity index (χ4n) is 2.34. The third-order valence-corrected chi connectivity index (χ3v) is 3.73. The molecule has 1 unspecified atom stereocenters. The Balaban J connectivity index is 2.37. The summed E-state index contributed by atoms with van der Waals surface area (Å²) < 4.78 is 10.9. The molecule has 0 saturated carbocycles. The van der Waals surface area contributed by atoms with Crippen molar-refractivity contribution in [3.8, 4) is 5.75 Å². The number of aliphatic hydroxyl groups excluding tert-OH is 1. The highest BCUT2D eigenvalue weighted by Gasteiger charge is 2.29. The van der Waals surface area contributed by atoms with Crippen LogP contribution in [0.3, 0.4) is 0 Å². The van der Waals surface area contributed by atoms with Crippen molar-refractivity contribution in [3.05, 3.63) is 29.8 Å². The van der Waals surface area contributed by atoms with Crippen LogP contribution in [-0.2, 0) is 11.3 Å². The van der Waals surface area contributed by atoms with Crippen LogP contribution in [0.5, 0.6) is 5.75 Å². The lowest BCUT2D eigenvalue weighted by molar-refractivity contribution is -0.0126. The van der Waals surface area contributed by atoms with Gasteiger partial charge in [0, 0.05) is 6.61 Å². The third kappa shape index (κ3) is 5.14. The molecule has 0 radical (unpaired) electrons. The van der Waals surface area contributed by atoms with E-state index in [4.69, 9.17) is 9.47 Å². The first-order valence-electron chi connectivity index (χ1n) is 7.25. The normalized spacial score (nSPS) is 13.6. The van der Waals surface area contributed by atoms with Gasteiger partial charge in [-0.25, -0.2) is 0 Å². The average molecular weight is 280 g/mol. The van der Waals surface area contributed by atoms with Gasteiger partial charge in [-0.2, -0.15) is 0 Å². The molecule has 1 rings (SSSR count). The Kier molecular flexibility index (Phi) is 6.50. The van der Waals surface area contributed by atoms with Crippen molar-refractivity contribution in [3.63, 3.8) is 0 Å². The summed E-state index contributed by atoms with van der Waals surface area (Å²) in [5.74, 6) is 1.12. The lowest BCUT2D eigenvalue weighted by atomic mass is 9.78. The number of rotatable bonds is 8. The minimum Gasteiger partial charge on any atom is -0.497 e. The van der Waals surface area contributed by atoms with Gasteiger partial charge in [0.1, 0.15) is 5.75 Å². The first-order valence-corrected chi connectivity index (χ1v) is 7.25. The zero-order chi connectivity index (χ0) is 15.2. The molecule has 0 spiro atoms. The standard InChI is InChI=1S/C17H28O3/c1-13(2)16(18)17(3,4)9-10-20-12-14-7-6-8-15(11-14)19-5/h6-8,11,13,16,18H,9-10,12H2,1-5H3. The Bertz CT molecular complexity index is 399. The van der Waals surface area contributed by atoms with Crippen molar-refractivity contribution in [2.24, 2.45) is 11.3 Å². The van der Waals surface area contributed by atoms with Crippen molar-refractivity contribution in [2.75, 3.05) is 13.7 Å². The summed E-state index contributed by atoms with van der Waals surface area (Å²) in [4.78, 5) is 0. The third-order valence-electron chi connectivity index (χ3n) is 3.73. The zero-order valence-corrected chi connectivity index (χ0v) is 13.3. The second kappa shape index (κ2) is 7.65. The smallest absolute Gasteiger partial charge is 0.119 e. The fourth-order valence-corrected chi connectivity index (χ4v) is 2.34. The molecule has 1 atom stereocenters. The fraction of sp³-hybridized carbons (Fsp3) is 0.647. The van der Waals surface area contributed by atoms with Gasteiger partial charge >= 0.3 is 0 Å². The van der Waals surface area contributed by atoms with Crippen LogP contribution in [0.15, 0.2) is 24.3 Å². The van der Waals surface area contributed by atoms with Crippen LogP contribution in [0, 0.1) is 11.3 Å². The van der Waals surface area contributed by atoms with E-state index in [0.717, 1.165) is 17.7 Å². The van der Waals surface area contributed by atoms with Gasteiger partial charge in [-0.15, -0.1) is 0 Å². The van der Waals surface area contributed by atoms with Crippen LogP contribution in [0.25, 0.3) is 0 Å². The number of ether oxygens (including phenoxy) is 2. The van der Waals surface area contributed by atoms with E-state index in [-0.39, 0.29) is 17.4 Å². The van der Waals surface area contributed by atoms with Crippen LogP contribution in [0.4, 0.5) is 0 Å². The summed E-state index contributed by atoms with van der Waals surface area (Å²) in [6.07, 6.45) is 0.541. The first-order chi connectivity index (χ1) is 9.36. The van der Waals surface area contributed by atoms with Crippen LogP contribution < -0.4 is 4.74 Å². The SMILES string of the molecule is COc1cccc(COCCC(C)(C)C(O)C(C)C)c1. The van der Waals surface area contributed by atoms with Crippen molar-refractivity contribution < 1.29 is 14.6 Å². The molecule has 0 amide bonds. The Morgan fingerprint density at radius 1 is 1.25 bits per heavy atom. The van der Waals surface area contributed by atoms with Crippen LogP contribution in [-0.4, -0.2) is 24.9 Å².